The topological polar surface area (TPSA) is 152 Å². The SMILES string of the molecule is C[C@H](CC[C@H](O)c1ccc(O)c2[nH]c(=O)ccc12)Cc1ccc(CCC(=O)c2cccc(N(C)C(=O)CCN3CCC(OC(=O)Nc4ccccc4-c4ccccc4)CC3)c2)cc1. The van der Waals surface area contributed by atoms with Crippen LogP contribution < -0.4 is 15.8 Å². The first-order chi connectivity index (χ1) is 30.5. The molecule has 7 rings (SSSR count). The molecule has 2 amide bonds. The van der Waals surface area contributed by atoms with Crippen molar-refractivity contribution in [3.8, 4) is 16.9 Å². The van der Waals surface area contributed by atoms with E-state index in [0.717, 1.165) is 42.6 Å². The zero-order valence-electron chi connectivity index (χ0n) is 36.0. The first kappa shape index (κ1) is 44.5. The number of pyridine rings is 1. The van der Waals surface area contributed by atoms with Crippen LogP contribution in [0.3, 0.4) is 0 Å². The summed E-state index contributed by atoms with van der Waals surface area (Å²) in [5.74, 6) is 0.258. The van der Waals surface area contributed by atoms with Crippen LogP contribution >= 0.6 is 0 Å². The minimum atomic E-state index is -0.733. The quantitative estimate of drug-likeness (QED) is 0.0663. The van der Waals surface area contributed by atoms with Gasteiger partial charge >= 0.3 is 6.09 Å². The molecule has 0 saturated carbocycles. The number of aliphatic hydroxyl groups excluding tert-OH is 1. The number of H-pyrrole nitrogens is 1. The molecular weight excluding hydrogens is 793 g/mol. The third kappa shape index (κ3) is 11.9. The number of likely N-dealkylation sites (tertiary alicyclic amines) is 1. The van der Waals surface area contributed by atoms with E-state index in [2.05, 4.69) is 46.4 Å². The largest absolute Gasteiger partial charge is 0.506 e. The van der Waals surface area contributed by atoms with Crippen molar-refractivity contribution >= 4 is 40.1 Å². The van der Waals surface area contributed by atoms with Crippen molar-refractivity contribution in [2.45, 2.75) is 70.5 Å². The smallest absolute Gasteiger partial charge is 0.411 e. The standard InChI is InChI=1S/C52H56N4O7/c1-35(15-23-47(58)43-21-25-48(59)51-44(43)22-26-49(60)54-51)33-37-18-16-36(17-19-37)20-24-46(57)39-11-8-12-40(34-39)55(2)50(61)29-32-56-30-27-41(28-31-56)63-52(62)53-45-14-7-6-13-42(45)38-9-4-3-5-10-38/h3-14,16-19,21-22,25-26,34-35,41,47,58-59H,15,20,23-24,27-33H2,1-2H3,(H,53,62)(H,54,60)/t35-,47+/m1/s1. The van der Waals surface area contributed by atoms with Crippen molar-refractivity contribution in [3.05, 3.63) is 160 Å². The summed E-state index contributed by atoms with van der Waals surface area (Å²) in [7, 11) is 1.74. The molecule has 1 saturated heterocycles. The van der Waals surface area contributed by atoms with E-state index in [1.54, 1.807) is 36.2 Å². The number of amides is 2. The van der Waals surface area contributed by atoms with E-state index in [9.17, 15) is 29.4 Å². The number of Topliss-reactive ketones (excluding diaryl/α,β-unsaturated/α-hetero) is 1. The molecule has 4 N–H and O–H groups in total. The molecule has 0 bridgehead atoms. The number of nitrogens with zero attached hydrogens (tertiary/aromatic N) is 2. The molecule has 0 radical (unpaired) electrons. The molecule has 63 heavy (non-hydrogen) atoms. The van der Waals surface area contributed by atoms with Gasteiger partial charge in [-0.25, -0.2) is 4.79 Å². The van der Waals surface area contributed by atoms with Crippen LogP contribution in [0, 0.1) is 5.92 Å². The van der Waals surface area contributed by atoms with Crippen LogP contribution in [-0.2, 0) is 22.4 Å². The number of aromatic nitrogens is 1. The van der Waals surface area contributed by atoms with Crippen LogP contribution in [0.4, 0.5) is 16.2 Å². The molecule has 0 spiro atoms. The maximum Gasteiger partial charge on any atom is 0.411 e. The average molecular weight is 849 g/mol. The Hall–Kier alpha value is -6.56. The number of carbonyl (C=O) groups excluding carboxylic acids is 3. The van der Waals surface area contributed by atoms with Crippen LogP contribution in [0.25, 0.3) is 22.0 Å². The normalized spacial score (nSPS) is 14.2. The maximum absolute atomic E-state index is 13.3. The number of piperidine rings is 1. The number of anilines is 2. The molecule has 11 nitrogen and oxygen atoms in total. The van der Waals surface area contributed by atoms with E-state index in [-0.39, 0.29) is 29.1 Å². The van der Waals surface area contributed by atoms with Gasteiger partial charge in [-0.05, 0) is 97.0 Å². The number of rotatable bonds is 17. The molecule has 2 heterocycles. The van der Waals surface area contributed by atoms with Crippen LogP contribution in [0.15, 0.2) is 132 Å². The summed E-state index contributed by atoms with van der Waals surface area (Å²) in [6, 6.07) is 39.4. The Labute approximate surface area is 368 Å². The van der Waals surface area contributed by atoms with Crippen molar-refractivity contribution in [1.29, 1.82) is 0 Å². The highest BCUT2D eigenvalue weighted by molar-refractivity contribution is 5.99. The first-order valence-corrected chi connectivity index (χ1v) is 21.9. The summed E-state index contributed by atoms with van der Waals surface area (Å²) in [5, 5.41) is 24.7. The van der Waals surface area contributed by atoms with Crippen molar-refractivity contribution < 1.29 is 29.3 Å². The number of hydrogen-bond donors (Lipinski definition) is 4. The van der Waals surface area contributed by atoms with Gasteiger partial charge in [0.1, 0.15) is 11.9 Å². The number of ketones is 1. The minimum absolute atomic E-state index is 0.0147. The Morgan fingerprint density at radius 3 is 2.35 bits per heavy atom. The fourth-order valence-corrected chi connectivity index (χ4v) is 8.35. The number of benzene rings is 5. The Balaban J connectivity index is 0.809. The summed E-state index contributed by atoms with van der Waals surface area (Å²) < 4.78 is 5.79. The molecule has 5 aromatic carbocycles. The molecule has 11 heteroatoms. The van der Waals surface area contributed by atoms with E-state index in [4.69, 9.17) is 4.74 Å². The number of nitrogens with one attached hydrogen (secondary N) is 2. The van der Waals surface area contributed by atoms with Gasteiger partial charge in [0.25, 0.3) is 0 Å². The predicted molar refractivity (Wildman–Crippen MR) is 248 cm³/mol. The lowest BCUT2D eigenvalue weighted by Gasteiger charge is -2.31. The zero-order chi connectivity index (χ0) is 44.3. The molecular formula is C52H56N4O7. The lowest BCUT2D eigenvalue weighted by Crippen LogP contribution is -2.40. The van der Waals surface area contributed by atoms with E-state index >= 15 is 0 Å². The van der Waals surface area contributed by atoms with Gasteiger partial charge in [-0.1, -0.05) is 97.9 Å². The molecule has 0 unspecified atom stereocenters. The second kappa shape index (κ2) is 21.0. The summed E-state index contributed by atoms with van der Waals surface area (Å²) in [6.45, 7) is 4.19. The van der Waals surface area contributed by atoms with Crippen LogP contribution in [0.1, 0.15) is 78.6 Å². The van der Waals surface area contributed by atoms with Crippen LogP contribution in [0.2, 0.25) is 0 Å². The van der Waals surface area contributed by atoms with Crippen molar-refractivity contribution in [1.82, 2.24) is 9.88 Å². The van der Waals surface area contributed by atoms with Gasteiger partial charge in [-0.15, -0.1) is 0 Å². The fourth-order valence-electron chi connectivity index (χ4n) is 8.35. The van der Waals surface area contributed by atoms with Gasteiger partial charge in [-0.3, -0.25) is 19.7 Å². The molecule has 1 aliphatic rings. The number of phenols is 1. The second-order valence-electron chi connectivity index (χ2n) is 16.7. The summed E-state index contributed by atoms with van der Waals surface area (Å²) in [6.07, 6.45) is 3.40. The summed E-state index contributed by atoms with van der Waals surface area (Å²) in [4.78, 5) is 57.7. The van der Waals surface area contributed by atoms with Gasteiger partial charge in [0.05, 0.1) is 17.3 Å². The minimum Gasteiger partial charge on any atom is -0.506 e. The van der Waals surface area contributed by atoms with Gasteiger partial charge in [0.2, 0.25) is 11.5 Å². The number of ether oxygens (including phenoxy) is 1. The highest BCUT2D eigenvalue weighted by Crippen LogP contribution is 2.32. The van der Waals surface area contributed by atoms with Gasteiger partial charge in [-0.2, -0.15) is 0 Å². The third-order valence-corrected chi connectivity index (χ3v) is 12.1. The predicted octanol–water partition coefficient (Wildman–Crippen LogP) is 9.47. The van der Waals surface area contributed by atoms with E-state index in [1.807, 2.05) is 66.7 Å². The van der Waals surface area contributed by atoms with E-state index in [0.29, 0.717) is 84.4 Å². The Bertz CT molecular complexity index is 2570. The lowest BCUT2D eigenvalue weighted by molar-refractivity contribution is -0.118. The number of aryl methyl sites for hydroxylation is 1. The van der Waals surface area contributed by atoms with E-state index < -0.39 is 12.2 Å². The third-order valence-electron chi connectivity index (χ3n) is 12.1. The van der Waals surface area contributed by atoms with Crippen LogP contribution in [0.5, 0.6) is 5.75 Å². The molecule has 6 aromatic rings. The molecule has 326 valence electrons. The van der Waals surface area contributed by atoms with Crippen molar-refractivity contribution in [3.63, 3.8) is 0 Å². The number of aromatic amines is 1. The van der Waals surface area contributed by atoms with Gasteiger partial charge in [0, 0.05) is 67.8 Å². The Morgan fingerprint density at radius 2 is 1.57 bits per heavy atom. The average Bonchev–Trinajstić information content (AvgIpc) is 3.30. The number of carbonyl (C=O) groups is 3. The number of para-hydroxylation sites is 1. The van der Waals surface area contributed by atoms with Gasteiger partial charge < -0.3 is 29.7 Å². The zero-order valence-corrected chi connectivity index (χ0v) is 36.0. The van der Waals surface area contributed by atoms with Crippen LogP contribution in [-0.4, -0.2) is 70.7 Å². The maximum atomic E-state index is 13.3. The molecule has 1 aromatic heterocycles. The summed E-state index contributed by atoms with van der Waals surface area (Å²) in [5.41, 5.74) is 6.83. The first-order valence-electron chi connectivity index (χ1n) is 21.9. The number of aromatic hydroxyl groups is 1. The highest BCUT2D eigenvalue weighted by Gasteiger charge is 2.24. The molecule has 1 aliphatic heterocycles. The summed E-state index contributed by atoms with van der Waals surface area (Å²) >= 11 is 0. The lowest BCUT2D eigenvalue weighted by atomic mass is 9.92. The number of fused-ring (bicyclic) bond motifs is 1. The Kier molecular flexibility index (Phi) is 14.8. The second-order valence-corrected chi connectivity index (χ2v) is 16.7. The number of phenolic OH excluding ortho intramolecular Hbond substituents is 1. The fraction of sp³-hybridized carbons (Fsp3) is 0.308. The molecule has 0 aliphatic carbocycles. The van der Waals surface area contributed by atoms with Crippen molar-refractivity contribution in [2.75, 3.05) is 36.9 Å². The highest BCUT2D eigenvalue weighted by atomic mass is 16.6. The monoisotopic (exact) mass is 848 g/mol. The van der Waals surface area contributed by atoms with E-state index in [1.165, 1.54) is 17.7 Å². The number of aliphatic hydroxyl groups is 1. The van der Waals surface area contributed by atoms with Crippen molar-refractivity contribution in [2.24, 2.45) is 5.92 Å². The number of hydrogen-bond acceptors (Lipinski definition) is 8. The molecule has 2 atom stereocenters. The molecule has 1 fully saturated rings. The Morgan fingerprint density at radius 1 is 0.841 bits per heavy atom. The van der Waals surface area contributed by atoms with Gasteiger partial charge in [0.15, 0.2) is 5.78 Å².